The summed E-state index contributed by atoms with van der Waals surface area (Å²) in [4.78, 5) is 14.9. The molecule has 0 saturated carbocycles. The number of hydrogen-bond acceptors (Lipinski definition) is 2. The van der Waals surface area contributed by atoms with Crippen molar-refractivity contribution in [2.75, 3.05) is 19.6 Å². The van der Waals surface area contributed by atoms with Crippen molar-refractivity contribution in [1.29, 1.82) is 0 Å². The molecular weight excluding hydrogens is 224 g/mol. The maximum absolute atomic E-state index is 12.7. The number of nitrogens with one attached hydrogen (secondary N) is 1. The van der Waals surface area contributed by atoms with E-state index in [1.165, 1.54) is 0 Å². The molecule has 0 aromatic carbocycles. The molecule has 1 unspecified atom stereocenters. The Hall–Kier alpha value is -0.570. The number of rotatable bonds is 8. The summed E-state index contributed by atoms with van der Waals surface area (Å²) in [7, 11) is 0. The zero-order valence-electron chi connectivity index (χ0n) is 12.4. The van der Waals surface area contributed by atoms with Crippen LogP contribution in [0.2, 0.25) is 0 Å². The smallest absolute Gasteiger partial charge is 0.225 e. The molecule has 1 rings (SSSR count). The molecule has 1 aliphatic heterocycles. The zero-order valence-corrected chi connectivity index (χ0v) is 12.4. The van der Waals surface area contributed by atoms with E-state index in [-0.39, 0.29) is 5.92 Å². The van der Waals surface area contributed by atoms with Crippen LogP contribution in [0, 0.1) is 5.92 Å². The average molecular weight is 254 g/mol. The first-order valence-electron chi connectivity index (χ1n) is 7.75. The van der Waals surface area contributed by atoms with E-state index in [1.807, 2.05) is 0 Å². The molecule has 1 aliphatic rings. The molecule has 1 saturated heterocycles. The van der Waals surface area contributed by atoms with Gasteiger partial charge in [-0.3, -0.25) is 4.79 Å². The summed E-state index contributed by atoms with van der Waals surface area (Å²) in [5.74, 6) is 0.668. The highest BCUT2D eigenvalue weighted by Gasteiger charge is 2.29. The van der Waals surface area contributed by atoms with E-state index in [9.17, 15) is 4.79 Å². The highest BCUT2D eigenvalue weighted by molar-refractivity contribution is 5.79. The van der Waals surface area contributed by atoms with Gasteiger partial charge in [-0.2, -0.15) is 0 Å². The van der Waals surface area contributed by atoms with Crippen molar-refractivity contribution in [3.05, 3.63) is 0 Å². The van der Waals surface area contributed by atoms with Crippen molar-refractivity contribution in [1.82, 2.24) is 10.2 Å². The first-order chi connectivity index (χ1) is 8.74. The maximum atomic E-state index is 12.7. The fraction of sp³-hybridized carbons (Fsp3) is 0.933. The molecule has 1 heterocycles. The minimum absolute atomic E-state index is 0.257. The largest absolute Gasteiger partial charge is 0.338 e. The Morgan fingerprint density at radius 2 is 1.89 bits per heavy atom. The second-order valence-corrected chi connectivity index (χ2v) is 5.45. The van der Waals surface area contributed by atoms with Crippen LogP contribution >= 0.6 is 0 Å². The van der Waals surface area contributed by atoms with Gasteiger partial charge in [0.15, 0.2) is 0 Å². The minimum Gasteiger partial charge on any atom is -0.338 e. The molecule has 3 heteroatoms. The highest BCUT2D eigenvalue weighted by Crippen LogP contribution is 2.20. The van der Waals surface area contributed by atoms with Crippen molar-refractivity contribution < 1.29 is 4.79 Å². The van der Waals surface area contributed by atoms with Crippen LogP contribution in [0.25, 0.3) is 0 Å². The highest BCUT2D eigenvalue weighted by atomic mass is 16.2. The number of carbonyl (C=O) groups excluding carboxylic acids is 1. The molecule has 0 radical (unpaired) electrons. The molecule has 1 N–H and O–H groups in total. The van der Waals surface area contributed by atoms with Gasteiger partial charge < -0.3 is 10.2 Å². The fourth-order valence-electron chi connectivity index (χ4n) is 2.94. The van der Waals surface area contributed by atoms with Crippen LogP contribution in [0.1, 0.15) is 59.3 Å². The molecule has 0 bridgehead atoms. The summed E-state index contributed by atoms with van der Waals surface area (Å²) in [6.07, 6.45) is 6.50. The van der Waals surface area contributed by atoms with E-state index in [0.29, 0.717) is 11.9 Å². The van der Waals surface area contributed by atoms with E-state index in [2.05, 4.69) is 31.0 Å². The number of hydrogen-bond donors (Lipinski definition) is 1. The summed E-state index contributed by atoms with van der Waals surface area (Å²) in [5, 5.41) is 3.38. The average Bonchev–Trinajstić information content (AvgIpc) is 2.88. The van der Waals surface area contributed by atoms with Crippen LogP contribution in [-0.2, 0) is 4.79 Å². The van der Waals surface area contributed by atoms with Crippen molar-refractivity contribution in [2.45, 2.75) is 65.3 Å². The van der Waals surface area contributed by atoms with Gasteiger partial charge in [-0.25, -0.2) is 0 Å². The third-order valence-corrected chi connectivity index (χ3v) is 3.85. The van der Waals surface area contributed by atoms with Crippen LogP contribution in [-0.4, -0.2) is 36.5 Å². The zero-order chi connectivity index (χ0) is 13.4. The van der Waals surface area contributed by atoms with Gasteiger partial charge in [0.05, 0.1) is 0 Å². The predicted molar refractivity (Wildman–Crippen MR) is 76.6 cm³/mol. The molecule has 1 fully saturated rings. The van der Waals surface area contributed by atoms with Gasteiger partial charge in [0.1, 0.15) is 0 Å². The van der Waals surface area contributed by atoms with Crippen LogP contribution in [0.3, 0.4) is 0 Å². The van der Waals surface area contributed by atoms with Crippen LogP contribution in [0.5, 0.6) is 0 Å². The third-order valence-electron chi connectivity index (χ3n) is 3.85. The van der Waals surface area contributed by atoms with Gasteiger partial charge >= 0.3 is 0 Å². The molecule has 18 heavy (non-hydrogen) atoms. The molecule has 1 atom stereocenters. The predicted octanol–water partition coefficient (Wildman–Crippen LogP) is 2.80. The minimum atomic E-state index is 0.257. The maximum Gasteiger partial charge on any atom is 0.225 e. The van der Waals surface area contributed by atoms with E-state index >= 15 is 0 Å². The first-order valence-corrected chi connectivity index (χ1v) is 7.75. The summed E-state index contributed by atoms with van der Waals surface area (Å²) >= 11 is 0. The van der Waals surface area contributed by atoms with Gasteiger partial charge in [-0.15, -0.1) is 0 Å². The summed E-state index contributed by atoms with van der Waals surface area (Å²) in [6.45, 7) is 9.49. The summed E-state index contributed by atoms with van der Waals surface area (Å²) < 4.78 is 0. The monoisotopic (exact) mass is 254 g/mol. The molecule has 0 spiro atoms. The van der Waals surface area contributed by atoms with Crippen molar-refractivity contribution >= 4 is 5.91 Å². The topological polar surface area (TPSA) is 32.3 Å². The van der Waals surface area contributed by atoms with E-state index in [1.54, 1.807) is 0 Å². The summed E-state index contributed by atoms with van der Waals surface area (Å²) in [6, 6.07) is 0.439. The van der Waals surface area contributed by atoms with E-state index in [0.717, 1.165) is 58.2 Å². The fourth-order valence-corrected chi connectivity index (χ4v) is 2.94. The van der Waals surface area contributed by atoms with Crippen molar-refractivity contribution in [3.8, 4) is 0 Å². The lowest BCUT2D eigenvalue weighted by atomic mass is 9.95. The van der Waals surface area contributed by atoms with Crippen LogP contribution < -0.4 is 5.32 Å². The van der Waals surface area contributed by atoms with Crippen LogP contribution in [0.15, 0.2) is 0 Å². The second kappa shape index (κ2) is 8.52. The number of nitrogens with zero attached hydrogens (tertiary/aromatic N) is 1. The Kier molecular flexibility index (Phi) is 7.33. The van der Waals surface area contributed by atoms with Gasteiger partial charge in [0, 0.05) is 25.0 Å². The molecule has 0 aliphatic carbocycles. The Balaban J connectivity index is 2.65. The molecule has 3 nitrogen and oxygen atoms in total. The van der Waals surface area contributed by atoms with Gasteiger partial charge in [-0.05, 0) is 32.2 Å². The lowest BCUT2D eigenvalue weighted by Crippen LogP contribution is -2.45. The molecule has 1 amide bonds. The van der Waals surface area contributed by atoms with Gasteiger partial charge in [0.2, 0.25) is 5.91 Å². The number of carbonyl (C=O) groups is 1. The lowest BCUT2D eigenvalue weighted by Gasteiger charge is -2.32. The molecule has 0 aromatic rings. The van der Waals surface area contributed by atoms with Crippen molar-refractivity contribution in [3.63, 3.8) is 0 Å². The standard InChI is InChI=1S/C15H30N2O/c1-4-7-13(8-5-2)15(18)17(11-6-3)14-9-10-16-12-14/h13-14,16H,4-12H2,1-3H3. The van der Waals surface area contributed by atoms with Gasteiger partial charge in [-0.1, -0.05) is 33.6 Å². The molecule has 0 aromatic heterocycles. The van der Waals surface area contributed by atoms with Crippen LogP contribution in [0.4, 0.5) is 0 Å². The first kappa shape index (κ1) is 15.5. The molecule has 106 valence electrons. The van der Waals surface area contributed by atoms with Gasteiger partial charge in [0.25, 0.3) is 0 Å². The normalized spacial score (nSPS) is 19.4. The Labute approximate surface area is 112 Å². The Bertz CT molecular complexity index is 231. The van der Waals surface area contributed by atoms with E-state index < -0.39 is 0 Å². The Morgan fingerprint density at radius 1 is 1.22 bits per heavy atom. The summed E-state index contributed by atoms with van der Waals surface area (Å²) in [5.41, 5.74) is 0. The van der Waals surface area contributed by atoms with Crippen molar-refractivity contribution in [2.24, 2.45) is 5.92 Å². The van der Waals surface area contributed by atoms with E-state index in [4.69, 9.17) is 0 Å². The number of amides is 1. The Morgan fingerprint density at radius 3 is 2.33 bits per heavy atom. The molecular formula is C15H30N2O. The second-order valence-electron chi connectivity index (χ2n) is 5.45. The quantitative estimate of drug-likeness (QED) is 0.722. The third kappa shape index (κ3) is 4.27. The SMILES string of the molecule is CCCC(CCC)C(=O)N(CCC)C1CCNC1. The lowest BCUT2D eigenvalue weighted by molar-refractivity contribution is -0.138.